The van der Waals surface area contributed by atoms with E-state index in [1.54, 1.807) is 13.1 Å². The Bertz CT molecular complexity index is 186. The zero-order valence-corrected chi connectivity index (χ0v) is 6.51. The predicted octanol–water partition coefficient (Wildman–Crippen LogP) is 0.524. The standard InChI is InChI=1S/C6H10N2OS/c1-4(9)5(7)6-8-2-3-10-6/h2-5,9H,7H2,1H3/t4-,5-/m0/s1. The van der Waals surface area contributed by atoms with Crippen molar-refractivity contribution in [2.24, 2.45) is 5.73 Å². The third-order valence-electron chi connectivity index (χ3n) is 1.26. The minimum absolute atomic E-state index is 0.333. The van der Waals surface area contributed by atoms with E-state index in [9.17, 15) is 0 Å². The number of aliphatic hydroxyl groups excluding tert-OH is 1. The molecule has 1 rings (SSSR count). The fourth-order valence-electron chi connectivity index (χ4n) is 0.605. The van der Waals surface area contributed by atoms with Crippen molar-refractivity contribution in [1.82, 2.24) is 4.98 Å². The molecule has 0 unspecified atom stereocenters. The lowest BCUT2D eigenvalue weighted by molar-refractivity contribution is 0.164. The molecular weight excluding hydrogens is 148 g/mol. The second-order valence-corrected chi connectivity index (χ2v) is 3.06. The number of nitrogens with two attached hydrogens (primary N) is 1. The molecule has 0 amide bonds. The Labute approximate surface area is 63.5 Å². The van der Waals surface area contributed by atoms with Crippen molar-refractivity contribution in [2.75, 3.05) is 0 Å². The first-order chi connectivity index (χ1) is 4.72. The van der Waals surface area contributed by atoms with Gasteiger partial charge in [0.15, 0.2) is 0 Å². The first-order valence-electron chi connectivity index (χ1n) is 3.05. The molecule has 0 aliphatic heterocycles. The second kappa shape index (κ2) is 3.09. The van der Waals surface area contributed by atoms with Crippen LogP contribution in [0.2, 0.25) is 0 Å². The first-order valence-corrected chi connectivity index (χ1v) is 3.93. The average Bonchev–Trinajstić information content (AvgIpc) is 2.36. The molecule has 0 fully saturated rings. The number of hydrogen-bond donors (Lipinski definition) is 2. The monoisotopic (exact) mass is 158 g/mol. The average molecular weight is 158 g/mol. The van der Waals surface area contributed by atoms with Gasteiger partial charge >= 0.3 is 0 Å². The highest BCUT2D eigenvalue weighted by molar-refractivity contribution is 7.09. The van der Waals surface area contributed by atoms with Crippen molar-refractivity contribution >= 4 is 11.3 Å². The maximum atomic E-state index is 9.03. The summed E-state index contributed by atoms with van der Waals surface area (Å²) < 4.78 is 0. The van der Waals surface area contributed by atoms with Gasteiger partial charge in [0.25, 0.3) is 0 Å². The summed E-state index contributed by atoms with van der Waals surface area (Å²) in [5.41, 5.74) is 5.58. The largest absolute Gasteiger partial charge is 0.391 e. The quantitative estimate of drug-likeness (QED) is 0.659. The molecule has 0 bridgehead atoms. The molecule has 0 saturated carbocycles. The van der Waals surface area contributed by atoms with E-state index in [-0.39, 0.29) is 6.04 Å². The van der Waals surface area contributed by atoms with Gasteiger partial charge in [-0.05, 0) is 6.92 Å². The maximum Gasteiger partial charge on any atom is 0.112 e. The van der Waals surface area contributed by atoms with Gasteiger partial charge in [0.1, 0.15) is 5.01 Å². The molecular formula is C6H10N2OS. The van der Waals surface area contributed by atoms with Gasteiger partial charge in [-0.3, -0.25) is 0 Å². The Morgan fingerprint density at radius 1 is 1.80 bits per heavy atom. The third kappa shape index (κ3) is 1.53. The van der Waals surface area contributed by atoms with Gasteiger partial charge < -0.3 is 10.8 Å². The van der Waals surface area contributed by atoms with Gasteiger partial charge in [0, 0.05) is 11.6 Å². The lowest BCUT2D eigenvalue weighted by Crippen LogP contribution is -2.22. The summed E-state index contributed by atoms with van der Waals surface area (Å²) in [5, 5.41) is 11.7. The van der Waals surface area contributed by atoms with Crippen LogP contribution in [0.5, 0.6) is 0 Å². The zero-order chi connectivity index (χ0) is 7.56. The third-order valence-corrected chi connectivity index (χ3v) is 2.13. The summed E-state index contributed by atoms with van der Waals surface area (Å²) >= 11 is 1.46. The zero-order valence-electron chi connectivity index (χ0n) is 5.69. The SMILES string of the molecule is C[C@H](O)[C@H](N)c1nccs1. The maximum absolute atomic E-state index is 9.03. The van der Waals surface area contributed by atoms with E-state index in [1.165, 1.54) is 11.3 Å². The van der Waals surface area contributed by atoms with E-state index in [4.69, 9.17) is 10.8 Å². The molecule has 1 aromatic rings. The summed E-state index contributed by atoms with van der Waals surface area (Å²) in [5.74, 6) is 0. The smallest absolute Gasteiger partial charge is 0.112 e. The van der Waals surface area contributed by atoms with Gasteiger partial charge in [-0.2, -0.15) is 0 Å². The van der Waals surface area contributed by atoms with Crippen LogP contribution < -0.4 is 5.73 Å². The van der Waals surface area contributed by atoms with E-state index >= 15 is 0 Å². The van der Waals surface area contributed by atoms with Gasteiger partial charge in [-0.1, -0.05) is 0 Å². The molecule has 1 heterocycles. The minimum atomic E-state index is -0.522. The molecule has 3 N–H and O–H groups in total. The minimum Gasteiger partial charge on any atom is -0.391 e. The number of aliphatic hydroxyl groups is 1. The number of nitrogens with zero attached hydrogens (tertiary/aromatic N) is 1. The van der Waals surface area contributed by atoms with Crippen molar-refractivity contribution < 1.29 is 5.11 Å². The van der Waals surface area contributed by atoms with E-state index in [0.717, 1.165) is 5.01 Å². The summed E-state index contributed by atoms with van der Waals surface area (Å²) in [4.78, 5) is 3.97. The normalized spacial score (nSPS) is 16.7. The summed E-state index contributed by atoms with van der Waals surface area (Å²) in [6.45, 7) is 1.66. The highest BCUT2D eigenvalue weighted by atomic mass is 32.1. The Morgan fingerprint density at radius 3 is 2.90 bits per heavy atom. The van der Waals surface area contributed by atoms with Gasteiger partial charge in [0.2, 0.25) is 0 Å². The number of rotatable bonds is 2. The van der Waals surface area contributed by atoms with Crippen molar-refractivity contribution in [1.29, 1.82) is 0 Å². The lowest BCUT2D eigenvalue weighted by Gasteiger charge is -2.10. The Morgan fingerprint density at radius 2 is 2.50 bits per heavy atom. The van der Waals surface area contributed by atoms with Crippen LogP contribution in [0, 0.1) is 0 Å². The van der Waals surface area contributed by atoms with Gasteiger partial charge in [-0.25, -0.2) is 4.98 Å². The lowest BCUT2D eigenvalue weighted by atomic mass is 10.2. The molecule has 0 aliphatic rings. The molecule has 0 aromatic carbocycles. The Balaban J connectivity index is 2.68. The number of thiazole rings is 1. The number of hydrogen-bond acceptors (Lipinski definition) is 4. The molecule has 0 aliphatic carbocycles. The van der Waals surface area contributed by atoms with E-state index in [1.807, 2.05) is 5.38 Å². The van der Waals surface area contributed by atoms with Crippen molar-refractivity contribution in [3.05, 3.63) is 16.6 Å². The highest BCUT2D eigenvalue weighted by Crippen LogP contribution is 2.15. The van der Waals surface area contributed by atoms with Crippen LogP contribution in [0.25, 0.3) is 0 Å². The van der Waals surface area contributed by atoms with Crippen LogP contribution in [0.3, 0.4) is 0 Å². The van der Waals surface area contributed by atoms with Crippen LogP contribution in [0.4, 0.5) is 0 Å². The summed E-state index contributed by atoms with van der Waals surface area (Å²) in [6, 6.07) is -0.333. The highest BCUT2D eigenvalue weighted by Gasteiger charge is 2.13. The molecule has 1 aromatic heterocycles. The van der Waals surface area contributed by atoms with Crippen molar-refractivity contribution in [2.45, 2.75) is 19.1 Å². The van der Waals surface area contributed by atoms with Crippen LogP contribution in [0.15, 0.2) is 11.6 Å². The fourth-order valence-corrected chi connectivity index (χ4v) is 1.34. The number of aromatic nitrogens is 1. The van der Waals surface area contributed by atoms with Crippen molar-refractivity contribution in [3.8, 4) is 0 Å². The molecule has 0 spiro atoms. The molecule has 0 radical (unpaired) electrons. The first kappa shape index (κ1) is 7.65. The van der Waals surface area contributed by atoms with Gasteiger partial charge in [0.05, 0.1) is 12.1 Å². The molecule has 0 saturated heterocycles. The van der Waals surface area contributed by atoms with E-state index in [0.29, 0.717) is 0 Å². The Hall–Kier alpha value is -0.450. The summed E-state index contributed by atoms with van der Waals surface area (Å²) in [7, 11) is 0. The van der Waals surface area contributed by atoms with Crippen LogP contribution >= 0.6 is 11.3 Å². The molecule has 4 heteroatoms. The van der Waals surface area contributed by atoms with Crippen LogP contribution in [-0.4, -0.2) is 16.2 Å². The van der Waals surface area contributed by atoms with E-state index < -0.39 is 6.10 Å². The van der Waals surface area contributed by atoms with Gasteiger partial charge in [-0.15, -0.1) is 11.3 Å². The fraction of sp³-hybridized carbons (Fsp3) is 0.500. The van der Waals surface area contributed by atoms with E-state index in [2.05, 4.69) is 4.98 Å². The summed E-state index contributed by atoms with van der Waals surface area (Å²) in [6.07, 6.45) is 1.16. The topological polar surface area (TPSA) is 59.1 Å². The van der Waals surface area contributed by atoms with Crippen molar-refractivity contribution in [3.63, 3.8) is 0 Å². The molecule has 3 nitrogen and oxygen atoms in total. The Kier molecular flexibility index (Phi) is 2.37. The predicted molar refractivity (Wildman–Crippen MR) is 40.7 cm³/mol. The molecule has 10 heavy (non-hydrogen) atoms. The molecule has 2 atom stereocenters. The molecule has 56 valence electrons. The van der Waals surface area contributed by atoms with Crippen LogP contribution in [0.1, 0.15) is 18.0 Å². The van der Waals surface area contributed by atoms with Crippen LogP contribution in [-0.2, 0) is 0 Å². The second-order valence-electron chi connectivity index (χ2n) is 2.14.